The van der Waals surface area contributed by atoms with Gasteiger partial charge in [0.1, 0.15) is 0 Å². The molecule has 1 aliphatic heterocycles. The summed E-state index contributed by atoms with van der Waals surface area (Å²) in [7, 11) is 2.08. The van der Waals surface area contributed by atoms with Gasteiger partial charge in [0.25, 0.3) is 0 Å². The van der Waals surface area contributed by atoms with Crippen LogP contribution in [0.5, 0.6) is 0 Å². The average molecular weight is 350 g/mol. The van der Waals surface area contributed by atoms with Gasteiger partial charge < -0.3 is 10.6 Å². The molecule has 2 aliphatic rings. The third-order valence-corrected chi connectivity index (χ3v) is 5.49. The van der Waals surface area contributed by atoms with Crippen LogP contribution in [-0.2, 0) is 6.42 Å². The van der Waals surface area contributed by atoms with E-state index in [0.29, 0.717) is 12.0 Å². The van der Waals surface area contributed by atoms with Crippen LogP contribution < -0.4 is 5.73 Å². The molecule has 1 aromatic carbocycles. The van der Waals surface area contributed by atoms with Gasteiger partial charge in [-0.2, -0.15) is 0 Å². The van der Waals surface area contributed by atoms with Gasteiger partial charge in [-0.05, 0) is 60.8 Å². The minimum Gasteiger partial charge on any atom is -0.370 e. The zero-order chi connectivity index (χ0) is 15.0. The molecule has 0 radical (unpaired) electrons. The van der Waals surface area contributed by atoms with Gasteiger partial charge in [0.05, 0.1) is 6.04 Å². The van der Waals surface area contributed by atoms with E-state index in [0.717, 1.165) is 29.3 Å². The molecule has 3 unspecified atom stereocenters. The molecule has 0 aromatic heterocycles. The lowest BCUT2D eigenvalue weighted by Crippen LogP contribution is -2.40. The zero-order valence-electron chi connectivity index (χ0n) is 12.8. The molecule has 1 aromatic rings. The lowest BCUT2D eigenvalue weighted by molar-refractivity contribution is 0.240. The number of nitrogens with zero attached hydrogens (tertiary/aromatic N) is 2. The lowest BCUT2D eigenvalue weighted by atomic mass is 9.76. The number of hydrogen-bond donors (Lipinski definition) is 1. The van der Waals surface area contributed by atoms with E-state index in [-0.39, 0.29) is 0 Å². The van der Waals surface area contributed by atoms with Gasteiger partial charge in [-0.1, -0.05) is 28.9 Å². The molecule has 3 atom stereocenters. The summed E-state index contributed by atoms with van der Waals surface area (Å²) in [5.41, 5.74) is 9.10. The number of fused-ring (bicyclic) bond motifs is 4. The van der Waals surface area contributed by atoms with Gasteiger partial charge in [0.2, 0.25) is 0 Å². The normalized spacial score (nSPS) is 29.6. The largest absolute Gasteiger partial charge is 0.370 e. The van der Waals surface area contributed by atoms with E-state index in [2.05, 4.69) is 58.0 Å². The Balaban J connectivity index is 2.02. The highest BCUT2D eigenvalue weighted by Gasteiger charge is 2.31. The number of guanidine groups is 1. The number of benzene rings is 1. The van der Waals surface area contributed by atoms with Crippen LogP contribution in [-0.4, -0.2) is 24.5 Å². The molecular weight excluding hydrogens is 326 g/mol. The van der Waals surface area contributed by atoms with Gasteiger partial charge in [0.15, 0.2) is 5.96 Å². The van der Waals surface area contributed by atoms with Crippen molar-refractivity contribution in [3.8, 4) is 0 Å². The number of aliphatic imine (C=N–C) groups is 1. The van der Waals surface area contributed by atoms with Crippen molar-refractivity contribution < 1.29 is 0 Å². The number of halogens is 1. The Morgan fingerprint density at radius 2 is 2.14 bits per heavy atom. The number of hydrogen-bond acceptors (Lipinski definition) is 3. The van der Waals surface area contributed by atoms with Crippen molar-refractivity contribution in [2.24, 2.45) is 22.6 Å². The van der Waals surface area contributed by atoms with Crippen LogP contribution in [0.4, 0.5) is 0 Å². The van der Waals surface area contributed by atoms with Gasteiger partial charge >= 0.3 is 0 Å². The fraction of sp³-hybridized carbons (Fsp3) is 0.588. The first-order chi connectivity index (χ1) is 10.0. The maximum Gasteiger partial charge on any atom is 0.191 e. The summed E-state index contributed by atoms with van der Waals surface area (Å²) in [5.74, 6) is 2.17. The average Bonchev–Trinajstić information content (AvgIpc) is 2.45. The van der Waals surface area contributed by atoms with Crippen molar-refractivity contribution in [2.45, 2.75) is 38.6 Å². The van der Waals surface area contributed by atoms with E-state index < -0.39 is 0 Å². The molecule has 2 bridgehead atoms. The van der Waals surface area contributed by atoms with Crippen LogP contribution >= 0.6 is 15.9 Å². The molecule has 0 saturated carbocycles. The first-order valence-corrected chi connectivity index (χ1v) is 8.65. The van der Waals surface area contributed by atoms with Crippen LogP contribution in [0.2, 0.25) is 0 Å². The zero-order valence-corrected chi connectivity index (χ0v) is 14.4. The van der Waals surface area contributed by atoms with E-state index in [1.54, 1.807) is 0 Å². The van der Waals surface area contributed by atoms with Crippen molar-refractivity contribution in [3.05, 3.63) is 33.8 Å². The van der Waals surface area contributed by atoms with Crippen LogP contribution in [0.15, 0.2) is 27.7 Å². The third-order valence-electron chi connectivity index (χ3n) is 4.99. The SMILES string of the molecule is CC1CCN=C(N)N(C)C2CC(Cc3ccc(Br)cc32)C1. The quantitative estimate of drug-likeness (QED) is 0.775. The summed E-state index contributed by atoms with van der Waals surface area (Å²) in [6.45, 7) is 3.20. The molecule has 0 spiro atoms. The molecule has 1 aliphatic carbocycles. The number of nitrogens with two attached hydrogens (primary N) is 1. The van der Waals surface area contributed by atoms with Crippen LogP contribution in [0, 0.1) is 11.8 Å². The summed E-state index contributed by atoms with van der Waals surface area (Å²) < 4.78 is 1.15. The highest BCUT2D eigenvalue weighted by Crippen LogP contribution is 2.40. The first kappa shape index (κ1) is 14.9. The Kier molecular flexibility index (Phi) is 4.25. The summed E-state index contributed by atoms with van der Waals surface area (Å²) in [4.78, 5) is 6.74. The minimum absolute atomic E-state index is 0.352. The van der Waals surface area contributed by atoms with Crippen molar-refractivity contribution in [1.82, 2.24) is 4.90 Å². The predicted molar refractivity (Wildman–Crippen MR) is 91.3 cm³/mol. The smallest absolute Gasteiger partial charge is 0.191 e. The Morgan fingerprint density at radius 3 is 2.95 bits per heavy atom. The molecule has 0 fully saturated rings. The van der Waals surface area contributed by atoms with Crippen LogP contribution in [0.3, 0.4) is 0 Å². The van der Waals surface area contributed by atoms with E-state index in [1.165, 1.54) is 30.4 Å². The van der Waals surface area contributed by atoms with E-state index in [4.69, 9.17) is 5.73 Å². The second kappa shape index (κ2) is 5.99. The Hall–Kier alpha value is -1.03. The number of rotatable bonds is 0. The van der Waals surface area contributed by atoms with Gasteiger partial charge in [-0.3, -0.25) is 4.99 Å². The highest BCUT2D eigenvalue weighted by molar-refractivity contribution is 9.10. The van der Waals surface area contributed by atoms with Gasteiger partial charge in [0, 0.05) is 18.1 Å². The molecule has 3 rings (SSSR count). The van der Waals surface area contributed by atoms with Crippen molar-refractivity contribution in [2.75, 3.05) is 13.6 Å². The van der Waals surface area contributed by atoms with E-state index >= 15 is 0 Å². The third kappa shape index (κ3) is 3.10. The maximum atomic E-state index is 6.21. The van der Waals surface area contributed by atoms with Gasteiger partial charge in [-0.15, -0.1) is 0 Å². The lowest BCUT2D eigenvalue weighted by Gasteiger charge is -2.39. The standard InChI is InChI=1S/C17H24BrN3/c1-11-5-6-20-17(19)21(2)16-9-12(7-11)8-13-3-4-14(18)10-15(13)16/h3-4,10-12,16H,5-9H2,1-2H3,(H2,19,20). The van der Waals surface area contributed by atoms with Crippen molar-refractivity contribution >= 4 is 21.9 Å². The molecule has 1 heterocycles. The Bertz CT molecular complexity index is 555. The summed E-state index contributed by atoms with van der Waals surface area (Å²) in [6, 6.07) is 7.04. The molecule has 3 nitrogen and oxygen atoms in total. The molecule has 21 heavy (non-hydrogen) atoms. The van der Waals surface area contributed by atoms with Crippen molar-refractivity contribution in [1.29, 1.82) is 0 Å². The fourth-order valence-corrected chi connectivity index (χ4v) is 4.18. The van der Waals surface area contributed by atoms with Crippen LogP contribution in [0.1, 0.15) is 43.4 Å². The minimum atomic E-state index is 0.352. The topological polar surface area (TPSA) is 41.6 Å². The summed E-state index contributed by atoms with van der Waals surface area (Å²) in [5, 5.41) is 0. The molecule has 4 heteroatoms. The summed E-state index contributed by atoms with van der Waals surface area (Å²) in [6.07, 6.45) is 4.83. The summed E-state index contributed by atoms with van der Waals surface area (Å²) >= 11 is 3.61. The second-order valence-corrected chi connectivity index (χ2v) is 7.56. The Labute approximate surface area is 135 Å². The highest BCUT2D eigenvalue weighted by atomic mass is 79.9. The molecule has 0 amide bonds. The fourth-order valence-electron chi connectivity index (χ4n) is 3.80. The molecule has 2 N–H and O–H groups in total. The predicted octanol–water partition coefficient (Wildman–Crippen LogP) is 3.73. The van der Waals surface area contributed by atoms with Crippen molar-refractivity contribution in [3.63, 3.8) is 0 Å². The Morgan fingerprint density at radius 1 is 1.33 bits per heavy atom. The van der Waals surface area contributed by atoms with E-state index in [1.807, 2.05) is 0 Å². The van der Waals surface area contributed by atoms with Gasteiger partial charge in [-0.25, -0.2) is 0 Å². The van der Waals surface area contributed by atoms with E-state index in [9.17, 15) is 0 Å². The second-order valence-electron chi connectivity index (χ2n) is 6.65. The molecule has 0 saturated heterocycles. The molecule has 114 valence electrons. The monoisotopic (exact) mass is 349 g/mol. The van der Waals surface area contributed by atoms with Crippen LogP contribution in [0.25, 0.3) is 0 Å². The first-order valence-electron chi connectivity index (χ1n) is 7.85. The molecular formula is C17H24BrN3. The maximum absolute atomic E-state index is 6.21.